The lowest BCUT2D eigenvalue weighted by Crippen LogP contribution is -2.21. The number of ketones is 1. The second kappa shape index (κ2) is 6.10. The maximum absolute atomic E-state index is 13.3. The molecule has 0 unspecified atom stereocenters. The third-order valence-electron chi connectivity index (χ3n) is 4.90. The Morgan fingerprint density at radius 2 is 1.04 bits per heavy atom. The number of hydrogen-bond donors (Lipinski definition) is 0. The molecule has 0 aliphatic rings. The number of benzene rings is 4. The first kappa shape index (κ1) is 16.5. The molecule has 0 amide bonds. The normalized spacial score (nSPS) is 11.8. The Balaban J connectivity index is 2.23. The lowest BCUT2D eigenvalue weighted by atomic mass is 9.80. The van der Waals surface area contributed by atoms with Crippen molar-refractivity contribution in [3.63, 3.8) is 0 Å². The first-order valence-corrected chi connectivity index (χ1v) is 9.02. The average molecular weight is 338 g/mol. The van der Waals surface area contributed by atoms with Crippen molar-refractivity contribution >= 4 is 27.3 Å². The zero-order valence-corrected chi connectivity index (χ0v) is 15.4. The van der Waals surface area contributed by atoms with E-state index in [0.717, 1.165) is 27.1 Å². The molecule has 1 nitrogen and oxygen atoms in total. The molecule has 0 spiro atoms. The average Bonchev–Trinajstić information content (AvgIpc) is 2.65. The van der Waals surface area contributed by atoms with Gasteiger partial charge in [-0.1, -0.05) is 99.6 Å². The highest BCUT2D eigenvalue weighted by Crippen LogP contribution is 2.41. The van der Waals surface area contributed by atoms with Crippen molar-refractivity contribution < 1.29 is 4.79 Å². The summed E-state index contributed by atoms with van der Waals surface area (Å²) >= 11 is 0. The van der Waals surface area contributed by atoms with Crippen LogP contribution >= 0.6 is 0 Å². The van der Waals surface area contributed by atoms with E-state index in [4.69, 9.17) is 0 Å². The summed E-state index contributed by atoms with van der Waals surface area (Å²) in [4.78, 5) is 13.3. The van der Waals surface area contributed by atoms with Gasteiger partial charge in [-0.25, -0.2) is 0 Å². The smallest absolute Gasteiger partial charge is 0.169 e. The standard InChI is InChI=1S/C25H22O/c1-25(2,3)24(26)23-20-15-9-7-13-18(20)22(17-11-5-4-6-12-17)19-14-8-10-16-21(19)23/h4-16H,1-3H3. The third-order valence-corrected chi connectivity index (χ3v) is 4.90. The van der Waals surface area contributed by atoms with Crippen molar-refractivity contribution in [1.29, 1.82) is 0 Å². The van der Waals surface area contributed by atoms with E-state index >= 15 is 0 Å². The number of fused-ring (bicyclic) bond motifs is 2. The highest BCUT2D eigenvalue weighted by Gasteiger charge is 2.27. The predicted octanol–water partition coefficient (Wildman–Crippen LogP) is 6.89. The molecule has 0 N–H and O–H groups in total. The van der Waals surface area contributed by atoms with Gasteiger partial charge in [0.15, 0.2) is 5.78 Å². The van der Waals surface area contributed by atoms with Crippen LogP contribution in [0, 0.1) is 5.41 Å². The van der Waals surface area contributed by atoms with Gasteiger partial charge >= 0.3 is 0 Å². The number of carbonyl (C=O) groups excluding carboxylic acids is 1. The first-order chi connectivity index (χ1) is 12.5. The molecule has 0 saturated heterocycles. The monoisotopic (exact) mass is 338 g/mol. The van der Waals surface area contributed by atoms with E-state index in [1.54, 1.807) is 0 Å². The summed E-state index contributed by atoms with van der Waals surface area (Å²) in [5.74, 6) is 0.185. The second-order valence-corrected chi connectivity index (χ2v) is 7.79. The van der Waals surface area contributed by atoms with Crippen LogP contribution in [0.25, 0.3) is 32.7 Å². The summed E-state index contributed by atoms with van der Waals surface area (Å²) in [6.45, 7) is 5.97. The number of Topliss-reactive ketones (excluding diaryl/α,β-unsaturated/α-hetero) is 1. The Bertz CT molecular complexity index is 1060. The van der Waals surface area contributed by atoms with Crippen molar-refractivity contribution in [1.82, 2.24) is 0 Å². The number of hydrogen-bond acceptors (Lipinski definition) is 1. The minimum atomic E-state index is -0.431. The van der Waals surface area contributed by atoms with Crippen LogP contribution in [0.4, 0.5) is 0 Å². The quantitative estimate of drug-likeness (QED) is 0.287. The molecule has 128 valence electrons. The van der Waals surface area contributed by atoms with Gasteiger partial charge in [0.25, 0.3) is 0 Å². The van der Waals surface area contributed by atoms with E-state index in [2.05, 4.69) is 60.7 Å². The molecule has 0 saturated carbocycles. The van der Waals surface area contributed by atoms with Gasteiger partial charge in [0.05, 0.1) is 0 Å². The fraction of sp³-hybridized carbons (Fsp3) is 0.160. The van der Waals surface area contributed by atoms with Crippen LogP contribution in [0.15, 0.2) is 78.9 Å². The molecule has 0 aromatic heterocycles. The van der Waals surface area contributed by atoms with E-state index in [0.29, 0.717) is 0 Å². The summed E-state index contributed by atoms with van der Waals surface area (Å²) in [6.07, 6.45) is 0. The fourth-order valence-electron chi connectivity index (χ4n) is 3.66. The zero-order valence-electron chi connectivity index (χ0n) is 15.4. The van der Waals surface area contributed by atoms with Crippen LogP contribution in [0.2, 0.25) is 0 Å². The molecule has 0 aliphatic carbocycles. The molecule has 26 heavy (non-hydrogen) atoms. The maximum Gasteiger partial charge on any atom is 0.169 e. The molecule has 0 fully saturated rings. The Hall–Kier alpha value is -2.93. The lowest BCUT2D eigenvalue weighted by molar-refractivity contribution is 0.0862. The minimum absolute atomic E-state index is 0.185. The lowest BCUT2D eigenvalue weighted by Gasteiger charge is -2.22. The van der Waals surface area contributed by atoms with Gasteiger partial charge in [0.2, 0.25) is 0 Å². The molecular formula is C25H22O. The van der Waals surface area contributed by atoms with Crippen LogP contribution in [0.3, 0.4) is 0 Å². The van der Waals surface area contributed by atoms with Gasteiger partial charge in [-0.05, 0) is 32.7 Å². The van der Waals surface area contributed by atoms with Gasteiger partial charge in [-0.3, -0.25) is 4.79 Å². The predicted molar refractivity (Wildman–Crippen MR) is 111 cm³/mol. The van der Waals surface area contributed by atoms with Crippen molar-refractivity contribution in [3.8, 4) is 11.1 Å². The van der Waals surface area contributed by atoms with E-state index in [-0.39, 0.29) is 5.78 Å². The van der Waals surface area contributed by atoms with Gasteiger partial charge in [-0.2, -0.15) is 0 Å². The Kier molecular flexibility index (Phi) is 3.88. The summed E-state index contributed by atoms with van der Waals surface area (Å²) in [5, 5.41) is 4.32. The third kappa shape index (κ3) is 2.61. The highest BCUT2D eigenvalue weighted by molar-refractivity contribution is 6.25. The van der Waals surface area contributed by atoms with Crippen molar-refractivity contribution in [2.24, 2.45) is 5.41 Å². The van der Waals surface area contributed by atoms with Crippen LogP contribution < -0.4 is 0 Å². The van der Waals surface area contributed by atoms with Gasteiger partial charge in [0.1, 0.15) is 0 Å². The highest BCUT2D eigenvalue weighted by atomic mass is 16.1. The van der Waals surface area contributed by atoms with Crippen LogP contribution in [-0.2, 0) is 0 Å². The van der Waals surface area contributed by atoms with E-state index in [1.165, 1.54) is 11.1 Å². The first-order valence-electron chi connectivity index (χ1n) is 9.02. The maximum atomic E-state index is 13.3. The molecule has 4 rings (SSSR count). The molecule has 0 aliphatic heterocycles. The molecular weight excluding hydrogens is 316 g/mol. The van der Waals surface area contributed by atoms with Gasteiger partial charge < -0.3 is 0 Å². The largest absolute Gasteiger partial charge is 0.294 e. The zero-order chi connectivity index (χ0) is 18.3. The Labute approximate surface area is 154 Å². The van der Waals surface area contributed by atoms with Crippen molar-refractivity contribution in [2.75, 3.05) is 0 Å². The summed E-state index contributed by atoms with van der Waals surface area (Å²) in [7, 11) is 0. The molecule has 0 heterocycles. The van der Waals surface area contributed by atoms with E-state index < -0.39 is 5.41 Å². The molecule has 0 bridgehead atoms. The van der Waals surface area contributed by atoms with E-state index in [1.807, 2.05) is 39.0 Å². The molecule has 4 aromatic rings. The van der Waals surface area contributed by atoms with Crippen molar-refractivity contribution in [3.05, 3.63) is 84.4 Å². The second-order valence-electron chi connectivity index (χ2n) is 7.79. The van der Waals surface area contributed by atoms with Crippen LogP contribution in [-0.4, -0.2) is 5.78 Å². The minimum Gasteiger partial charge on any atom is -0.294 e. The van der Waals surface area contributed by atoms with Gasteiger partial charge in [0, 0.05) is 11.0 Å². The summed E-state index contributed by atoms with van der Waals surface area (Å²) in [6, 6.07) is 27.0. The topological polar surface area (TPSA) is 17.1 Å². The van der Waals surface area contributed by atoms with Crippen LogP contribution in [0.5, 0.6) is 0 Å². The van der Waals surface area contributed by atoms with Crippen LogP contribution in [0.1, 0.15) is 31.1 Å². The van der Waals surface area contributed by atoms with Gasteiger partial charge in [-0.15, -0.1) is 0 Å². The number of carbonyl (C=O) groups is 1. The summed E-state index contributed by atoms with van der Waals surface area (Å²) in [5.41, 5.74) is 2.78. The SMILES string of the molecule is CC(C)(C)C(=O)c1c2ccccc2c(-c2ccccc2)c2ccccc12. The van der Waals surface area contributed by atoms with E-state index in [9.17, 15) is 4.79 Å². The summed E-state index contributed by atoms with van der Waals surface area (Å²) < 4.78 is 0. The Morgan fingerprint density at radius 1 is 0.615 bits per heavy atom. The van der Waals surface area contributed by atoms with Crippen molar-refractivity contribution in [2.45, 2.75) is 20.8 Å². The molecule has 4 aromatic carbocycles. The molecule has 0 radical (unpaired) electrons. The Morgan fingerprint density at radius 3 is 1.50 bits per heavy atom. The number of rotatable bonds is 2. The fourth-order valence-corrected chi connectivity index (χ4v) is 3.66. The molecule has 0 atom stereocenters. The molecule has 1 heteroatoms.